The first kappa shape index (κ1) is 21.2. The smallest absolute Gasteiger partial charge is 0.261 e. The molecule has 0 radical (unpaired) electrons. The number of fused-ring (bicyclic) bond motifs is 1. The lowest BCUT2D eigenvalue weighted by Gasteiger charge is -2.30. The van der Waals surface area contributed by atoms with Crippen molar-refractivity contribution in [2.24, 2.45) is 5.73 Å². The Balaban J connectivity index is 1.79. The summed E-state index contributed by atoms with van der Waals surface area (Å²) in [5.41, 5.74) is 7.99. The second-order valence-electron chi connectivity index (χ2n) is 9.28. The summed E-state index contributed by atoms with van der Waals surface area (Å²) in [5.74, 6) is 0.884. The zero-order chi connectivity index (χ0) is 21.3. The molecule has 2 aliphatic rings. The highest BCUT2D eigenvalue weighted by atomic mass is 16.3. The van der Waals surface area contributed by atoms with E-state index in [1.165, 1.54) is 0 Å². The van der Waals surface area contributed by atoms with Gasteiger partial charge in [0.25, 0.3) is 5.56 Å². The lowest BCUT2D eigenvalue weighted by atomic mass is 9.82. The van der Waals surface area contributed by atoms with Crippen molar-refractivity contribution >= 4 is 16.9 Å². The first-order valence-electron chi connectivity index (χ1n) is 11.6. The first-order valence-corrected chi connectivity index (χ1v) is 11.6. The van der Waals surface area contributed by atoms with Crippen molar-refractivity contribution in [3.05, 3.63) is 28.3 Å². The summed E-state index contributed by atoms with van der Waals surface area (Å²) in [4.78, 5) is 22.6. The Morgan fingerprint density at radius 2 is 1.90 bits per heavy atom. The van der Waals surface area contributed by atoms with Crippen LogP contribution < -0.4 is 16.6 Å². The Hall–Kier alpha value is -1.99. The van der Waals surface area contributed by atoms with Crippen LogP contribution in [0.2, 0.25) is 0 Å². The van der Waals surface area contributed by atoms with Gasteiger partial charge in [-0.25, -0.2) is 9.97 Å². The molecule has 164 valence electrons. The molecule has 0 amide bonds. The van der Waals surface area contributed by atoms with Crippen LogP contribution in [0.25, 0.3) is 10.9 Å². The summed E-state index contributed by atoms with van der Waals surface area (Å²) < 4.78 is 1.93. The average Bonchev–Trinajstić information content (AvgIpc) is 2.75. The maximum Gasteiger partial charge on any atom is 0.261 e. The Labute approximate surface area is 178 Å². The molecule has 0 saturated heterocycles. The van der Waals surface area contributed by atoms with E-state index in [4.69, 9.17) is 10.7 Å². The fraction of sp³-hybridized carbons (Fsp3) is 0.696. The number of hydrogen-bond acceptors (Lipinski definition) is 6. The predicted molar refractivity (Wildman–Crippen MR) is 120 cm³/mol. The normalized spacial score (nSPS) is 28.4. The molecule has 2 saturated carbocycles. The number of nitrogens with zero attached hydrogens (tertiary/aromatic N) is 3. The van der Waals surface area contributed by atoms with E-state index in [-0.39, 0.29) is 29.8 Å². The van der Waals surface area contributed by atoms with E-state index in [2.05, 4.69) is 30.3 Å². The number of aliphatic hydroxyl groups is 1. The van der Waals surface area contributed by atoms with E-state index in [0.717, 1.165) is 68.9 Å². The van der Waals surface area contributed by atoms with Crippen LogP contribution in [-0.2, 0) is 0 Å². The Morgan fingerprint density at radius 1 is 1.20 bits per heavy atom. The van der Waals surface area contributed by atoms with Crippen molar-refractivity contribution in [3.63, 3.8) is 0 Å². The van der Waals surface area contributed by atoms with E-state index in [9.17, 15) is 9.90 Å². The monoisotopic (exact) mass is 413 g/mol. The quantitative estimate of drug-likeness (QED) is 0.693. The van der Waals surface area contributed by atoms with Gasteiger partial charge in [0.1, 0.15) is 0 Å². The first-order chi connectivity index (χ1) is 14.5. The van der Waals surface area contributed by atoms with Gasteiger partial charge in [-0.3, -0.25) is 4.79 Å². The van der Waals surface area contributed by atoms with Crippen molar-refractivity contribution in [2.45, 2.75) is 102 Å². The highest BCUT2D eigenvalue weighted by Crippen LogP contribution is 2.36. The van der Waals surface area contributed by atoms with Crippen molar-refractivity contribution in [1.29, 1.82) is 0 Å². The third-order valence-electron chi connectivity index (χ3n) is 7.06. The number of anilines is 1. The largest absolute Gasteiger partial charge is 0.393 e. The molecule has 2 heterocycles. The Bertz CT molecular complexity index is 927. The fourth-order valence-electron chi connectivity index (χ4n) is 4.90. The standard InChI is InChI=1S/C23H35N5O2/c1-3-14(2)26-23-25-12-19-21(27-23)20(15-4-10-18(29)11-5-15)13-28(22(19)30)17-8-6-16(24)7-9-17/h12-18,29H,3-11,24H2,1-2H3,(H,25,26,27)/t14-,15-,16-,17-,18-/m0/s1. The SMILES string of the molecule is CC[C@H](C)Nc1ncc2c(=O)n([C@H]3CC[C@H](N)CC3)cc([C@H]3CC[C@H](O)CC3)c2n1. The molecule has 4 N–H and O–H groups in total. The third-order valence-corrected chi connectivity index (χ3v) is 7.06. The van der Waals surface area contributed by atoms with Crippen LogP contribution in [0, 0.1) is 0 Å². The minimum Gasteiger partial charge on any atom is -0.393 e. The summed E-state index contributed by atoms with van der Waals surface area (Å²) >= 11 is 0. The van der Waals surface area contributed by atoms with Gasteiger partial charge in [-0.05, 0) is 76.2 Å². The minimum absolute atomic E-state index is 0.000144. The van der Waals surface area contributed by atoms with E-state index >= 15 is 0 Å². The molecule has 0 unspecified atom stereocenters. The molecular weight excluding hydrogens is 378 g/mol. The maximum absolute atomic E-state index is 13.4. The van der Waals surface area contributed by atoms with Crippen molar-refractivity contribution < 1.29 is 5.11 Å². The fourth-order valence-corrected chi connectivity index (χ4v) is 4.90. The van der Waals surface area contributed by atoms with Crippen molar-refractivity contribution in [1.82, 2.24) is 14.5 Å². The number of pyridine rings is 1. The number of hydrogen-bond donors (Lipinski definition) is 3. The van der Waals surface area contributed by atoms with Crippen LogP contribution in [-0.4, -0.2) is 37.8 Å². The van der Waals surface area contributed by atoms with Crippen molar-refractivity contribution in [2.75, 3.05) is 5.32 Å². The number of aliphatic hydroxyl groups excluding tert-OH is 1. The molecule has 1 atom stereocenters. The van der Waals surface area contributed by atoms with Gasteiger partial charge in [0.2, 0.25) is 5.95 Å². The van der Waals surface area contributed by atoms with Crippen molar-refractivity contribution in [3.8, 4) is 0 Å². The van der Waals surface area contributed by atoms with Gasteiger partial charge in [0, 0.05) is 30.5 Å². The Morgan fingerprint density at radius 3 is 2.57 bits per heavy atom. The zero-order valence-electron chi connectivity index (χ0n) is 18.2. The van der Waals surface area contributed by atoms with Crippen LogP contribution in [0.3, 0.4) is 0 Å². The lowest BCUT2D eigenvalue weighted by Crippen LogP contribution is -2.33. The van der Waals surface area contributed by atoms with E-state index in [1.807, 2.05) is 4.57 Å². The molecule has 30 heavy (non-hydrogen) atoms. The highest BCUT2D eigenvalue weighted by Gasteiger charge is 2.27. The van der Waals surface area contributed by atoms with Crippen LogP contribution in [0.5, 0.6) is 0 Å². The van der Waals surface area contributed by atoms with Gasteiger partial charge in [0.15, 0.2) is 0 Å². The van der Waals surface area contributed by atoms with E-state index < -0.39 is 0 Å². The van der Waals surface area contributed by atoms with E-state index in [1.54, 1.807) is 6.20 Å². The minimum atomic E-state index is -0.212. The molecule has 0 aliphatic heterocycles. The third kappa shape index (κ3) is 4.37. The summed E-state index contributed by atoms with van der Waals surface area (Å²) in [6.45, 7) is 4.22. The van der Waals surface area contributed by atoms with Crippen LogP contribution in [0.15, 0.2) is 17.2 Å². The second-order valence-corrected chi connectivity index (χ2v) is 9.28. The zero-order valence-corrected chi connectivity index (χ0v) is 18.2. The summed E-state index contributed by atoms with van der Waals surface area (Å²) in [5, 5.41) is 13.9. The molecule has 0 bridgehead atoms. The molecule has 2 fully saturated rings. The molecule has 2 aliphatic carbocycles. The number of aromatic nitrogens is 3. The van der Waals surface area contributed by atoms with Gasteiger partial charge >= 0.3 is 0 Å². The van der Waals surface area contributed by atoms with Gasteiger partial charge in [-0.1, -0.05) is 6.92 Å². The molecule has 7 nitrogen and oxygen atoms in total. The van der Waals surface area contributed by atoms with Gasteiger partial charge in [-0.2, -0.15) is 0 Å². The second kappa shape index (κ2) is 9.02. The van der Waals surface area contributed by atoms with E-state index in [0.29, 0.717) is 17.3 Å². The maximum atomic E-state index is 13.4. The molecule has 4 rings (SSSR count). The van der Waals surface area contributed by atoms with Crippen LogP contribution >= 0.6 is 0 Å². The van der Waals surface area contributed by atoms with Gasteiger partial charge in [0.05, 0.1) is 17.0 Å². The average molecular weight is 414 g/mol. The number of nitrogens with two attached hydrogens (primary N) is 1. The number of nitrogens with one attached hydrogen (secondary N) is 1. The topological polar surface area (TPSA) is 106 Å². The summed E-state index contributed by atoms with van der Waals surface area (Å²) in [6.07, 6.45) is 11.7. The van der Waals surface area contributed by atoms with Crippen LogP contribution in [0.1, 0.15) is 89.2 Å². The molecule has 7 heteroatoms. The molecule has 0 spiro atoms. The summed E-state index contributed by atoms with van der Waals surface area (Å²) in [6, 6.07) is 0.698. The predicted octanol–water partition coefficient (Wildman–Crippen LogP) is 3.46. The number of rotatable bonds is 5. The molecule has 2 aromatic heterocycles. The summed E-state index contributed by atoms with van der Waals surface area (Å²) in [7, 11) is 0. The highest BCUT2D eigenvalue weighted by molar-refractivity contribution is 5.81. The van der Waals surface area contributed by atoms with Gasteiger partial charge in [-0.15, -0.1) is 0 Å². The van der Waals surface area contributed by atoms with Gasteiger partial charge < -0.3 is 20.7 Å². The molecule has 0 aromatic carbocycles. The molecule has 2 aromatic rings. The lowest BCUT2D eigenvalue weighted by molar-refractivity contribution is 0.122. The Kier molecular flexibility index (Phi) is 6.39. The molecular formula is C23H35N5O2. The van der Waals surface area contributed by atoms with Crippen LogP contribution in [0.4, 0.5) is 5.95 Å².